The maximum atomic E-state index is 12.7. The molecule has 10 nitrogen and oxygen atoms in total. The van der Waals surface area contributed by atoms with E-state index in [9.17, 15) is 10.1 Å². The number of nitriles is 1. The van der Waals surface area contributed by atoms with E-state index < -0.39 is 5.60 Å². The number of nitrogen functional groups attached to an aromatic ring is 1. The third-order valence-electron chi connectivity index (χ3n) is 6.19. The number of likely N-dealkylation sites (tertiary alicyclic amines) is 1. The molecule has 3 aromatic heterocycles. The minimum Gasteiger partial charge on any atom is -0.444 e. The molecule has 0 unspecified atom stereocenters. The fraction of sp³-hybridized carbons (Fsp3) is 0.480. The van der Waals surface area contributed by atoms with Gasteiger partial charge in [0.15, 0.2) is 0 Å². The van der Waals surface area contributed by atoms with E-state index in [-0.39, 0.29) is 24.0 Å². The summed E-state index contributed by atoms with van der Waals surface area (Å²) in [6.45, 7) is 10.5. The van der Waals surface area contributed by atoms with Crippen molar-refractivity contribution < 1.29 is 9.53 Å². The lowest BCUT2D eigenvalue weighted by Crippen LogP contribution is -2.35. The molecule has 1 amide bonds. The van der Waals surface area contributed by atoms with Crippen molar-refractivity contribution in [1.29, 1.82) is 5.26 Å². The zero-order valence-corrected chi connectivity index (χ0v) is 21.1. The van der Waals surface area contributed by atoms with E-state index >= 15 is 0 Å². The smallest absolute Gasteiger partial charge is 0.410 e. The number of rotatable bonds is 4. The number of aromatic nitrogens is 4. The van der Waals surface area contributed by atoms with E-state index in [1.807, 2.05) is 51.6 Å². The van der Waals surface area contributed by atoms with Crippen molar-refractivity contribution >= 4 is 28.9 Å². The van der Waals surface area contributed by atoms with E-state index in [4.69, 9.17) is 15.5 Å². The van der Waals surface area contributed by atoms with Gasteiger partial charge in [0.05, 0.1) is 28.5 Å². The normalized spacial score (nSPS) is 16.8. The van der Waals surface area contributed by atoms with Gasteiger partial charge in [-0.2, -0.15) is 10.2 Å². The molecule has 10 heteroatoms. The van der Waals surface area contributed by atoms with Crippen LogP contribution in [0.5, 0.6) is 0 Å². The lowest BCUT2D eigenvalue weighted by Gasteiger charge is -2.25. The Balaban J connectivity index is 1.69. The Morgan fingerprint density at radius 2 is 2.09 bits per heavy atom. The van der Waals surface area contributed by atoms with Crippen LogP contribution in [0.25, 0.3) is 11.0 Å². The van der Waals surface area contributed by atoms with Crippen LogP contribution in [0.15, 0.2) is 18.3 Å². The number of carbonyl (C=O) groups is 1. The van der Waals surface area contributed by atoms with E-state index in [0.717, 1.165) is 28.7 Å². The minimum absolute atomic E-state index is 0.0983. The van der Waals surface area contributed by atoms with Crippen molar-refractivity contribution in [3.05, 3.63) is 40.8 Å². The number of amides is 1. The molecule has 1 saturated heterocycles. The van der Waals surface area contributed by atoms with Crippen LogP contribution < -0.4 is 11.1 Å². The summed E-state index contributed by atoms with van der Waals surface area (Å²) in [5.74, 6) is 0.584. The van der Waals surface area contributed by atoms with Crippen molar-refractivity contribution in [1.82, 2.24) is 24.4 Å². The summed E-state index contributed by atoms with van der Waals surface area (Å²) in [5, 5.41) is 13.0. The van der Waals surface area contributed by atoms with Gasteiger partial charge in [0, 0.05) is 32.3 Å². The molecule has 0 aromatic carbocycles. The number of aryl methyl sites for hydroxylation is 2. The number of ether oxygens (including phenoxy) is 1. The Labute approximate surface area is 205 Å². The van der Waals surface area contributed by atoms with Gasteiger partial charge in [-0.15, -0.1) is 0 Å². The first-order valence-corrected chi connectivity index (χ1v) is 11.7. The molecule has 0 bridgehead atoms. The number of hydrogen-bond donors (Lipinski definition) is 2. The molecule has 35 heavy (non-hydrogen) atoms. The minimum atomic E-state index is -0.543. The summed E-state index contributed by atoms with van der Waals surface area (Å²) < 4.78 is 7.62. The molecule has 0 radical (unpaired) electrons. The SMILES string of the molecule is Cc1nc(N)nc(N[C@@H](C)c2nc3ccn(C)c3cc2[C@@H]2CCN(C(=O)OC(C)(C)C)C2)c1C#N. The molecule has 0 spiro atoms. The predicted octanol–water partition coefficient (Wildman–Crippen LogP) is 4.02. The highest BCUT2D eigenvalue weighted by Gasteiger charge is 2.33. The van der Waals surface area contributed by atoms with Crippen LogP contribution >= 0.6 is 0 Å². The topological polar surface area (TPSA) is 135 Å². The summed E-state index contributed by atoms with van der Waals surface area (Å²) in [7, 11) is 1.99. The number of nitrogens with one attached hydrogen (secondary N) is 1. The van der Waals surface area contributed by atoms with Gasteiger partial charge in [-0.3, -0.25) is 0 Å². The molecule has 1 aliphatic rings. The number of pyridine rings is 1. The molecule has 0 saturated carbocycles. The molecule has 4 heterocycles. The second-order valence-corrected chi connectivity index (χ2v) is 10.1. The lowest BCUT2D eigenvalue weighted by atomic mass is 9.93. The summed E-state index contributed by atoms with van der Waals surface area (Å²) >= 11 is 0. The summed E-state index contributed by atoms with van der Waals surface area (Å²) in [6.07, 6.45) is 2.48. The number of anilines is 2. The summed E-state index contributed by atoms with van der Waals surface area (Å²) in [6, 6.07) is 6.02. The van der Waals surface area contributed by atoms with Gasteiger partial charge < -0.3 is 25.3 Å². The molecule has 1 fully saturated rings. The molecule has 3 aromatic rings. The van der Waals surface area contributed by atoms with Crippen LogP contribution in [0.1, 0.15) is 68.6 Å². The van der Waals surface area contributed by atoms with Crippen molar-refractivity contribution in [2.75, 3.05) is 24.1 Å². The van der Waals surface area contributed by atoms with E-state index in [1.54, 1.807) is 11.8 Å². The van der Waals surface area contributed by atoms with Crippen molar-refractivity contribution in [3.8, 4) is 6.07 Å². The average Bonchev–Trinajstić information content (AvgIpc) is 3.39. The van der Waals surface area contributed by atoms with Crippen LogP contribution in [0.4, 0.5) is 16.6 Å². The lowest BCUT2D eigenvalue weighted by molar-refractivity contribution is 0.0292. The first kappa shape index (κ1) is 24.3. The zero-order valence-electron chi connectivity index (χ0n) is 21.1. The number of hydrogen-bond acceptors (Lipinski definition) is 8. The molecule has 184 valence electrons. The number of fused-ring (bicyclic) bond motifs is 1. The van der Waals surface area contributed by atoms with Crippen molar-refractivity contribution in [2.45, 2.75) is 58.6 Å². The molecule has 3 N–H and O–H groups in total. The zero-order chi connectivity index (χ0) is 25.5. The second kappa shape index (κ2) is 9.06. The summed E-state index contributed by atoms with van der Waals surface area (Å²) in [4.78, 5) is 27.8. The average molecular weight is 477 g/mol. The number of nitrogens with two attached hydrogens (primary N) is 1. The van der Waals surface area contributed by atoms with Crippen LogP contribution in [0.3, 0.4) is 0 Å². The first-order valence-electron chi connectivity index (χ1n) is 11.7. The second-order valence-electron chi connectivity index (χ2n) is 10.1. The Morgan fingerprint density at radius 1 is 1.34 bits per heavy atom. The number of nitrogens with zero attached hydrogens (tertiary/aromatic N) is 6. The largest absolute Gasteiger partial charge is 0.444 e. The third kappa shape index (κ3) is 4.99. The van der Waals surface area contributed by atoms with Crippen LogP contribution in [0.2, 0.25) is 0 Å². The fourth-order valence-corrected chi connectivity index (χ4v) is 4.50. The van der Waals surface area contributed by atoms with Gasteiger partial charge in [0.2, 0.25) is 5.95 Å². The molecule has 4 rings (SSSR count). The van der Waals surface area contributed by atoms with Crippen molar-refractivity contribution in [2.24, 2.45) is 7.05 Å². The maximum absolute atomic E-state index is 12.7. The third-order valence-corrected chi connectivity index (χ3v) is 6.19. The van der Waals surface area contributed by atoms with Crippen LogP contribution in [-0.2, 0) is 11.8 Å². The van der Waals surface area contributed by atoms with E-state index in [0.29, 0.717) is 30.2 Å². The molecule has 0 aliphatic carbocycles. The van der Waals surface area contributed by atoms with Gasteiger partial charge in [-0.05, 0) is 58.7 Å². The Morgan fingerprint density at radius 3 is 2.77 bits per heavy atom. The van der Waals surface area contributed by atoms with Gasteiger partial charge in [0.25, 0.3) is 0 Å². The predicted molar refractivity (Wildman–Crippen MR) is 134 cm³/mol. The van der Waals surface area contributed by atoms with Gasteiger partial charge in [0.1, 0.15) is 23.1 Å². The van der Waals surface area contributed by atoms with Crippen molar-refractivity contribution in [3.63, 3.8) is 0 Å². The quantitative estimate of drug-likeness (QED) is 0.576. The molecular weight excluding hydrogens is 444 g/mol. The Hall–Kier alpha value is -3.87. The van der Waals surface area contributed by atoms with Gasteiger partial charge in [-0.25, -0.2) is 14.8 Å². The highest BCUT2D eigenvalue weighted by molar-refractivity contribution is 5.77. The van der Waals surface area contributed by atoms with Crippen LogP contribution in [0, 0.1) is 18.3 Å². The molecule has 2 atom stereocenters. The standard InChI is InChI=1S/C25H32N8O2/c1-14-18(12-26)22(31-23(27)29-14)28-15(2)21-17(11-20-19(30-21)8-9-32(20)6)16-7-10-33(13-16)24(34)35-25(3,4)5/h8-9,11,15-16H,7,10,13H2,1-6H3,(H3,27,28,29,31)/t15-,16+/m0/s1. The monoisotopic (exact) mass is 476 g/mol. The fourth-order valence-electron chi connectivity index (χ4n) is 4.50. The van der Waals surface area contributed by atoms with E-state index in [1.165, 1.54) is 0 Å². The van der Waals surface area contributed by atoms with Gasteiger partial charge in [-0.1, -0.05) is 0 Å². The highest BCUT2D eigenvalue weighted by Crippen LogP contribution is 2.35. The Bertz CT molecular complexity index is 1320. The van der Waals surface area contributed by atoms with Crippen LogP contribution in [-0.4, -0.2) is 49.2 Å². The van der Waals surface area contributed by atoms with Gasteiger partial charge >= 0.3 is 6.09 Å². The summed E-state index contributed by atoms with van der Waals surface area (Å²) in [5.41, 5.74) is 9.98. The molecule has 1 aliphatic heterocycles. The number of carbonyl (C=O) groups excluding carboxylic acids is 1. The Kier molecular flexibility index (Phi) is 6.28. The maximum Gasteiger partial charge on any atom is 0.410 e. The first-order chi connectivity index (χ1) is 16.5. The molecular formula is C25H32N8O2. The highest BCUT2D eigenvalue weighted by atomic mass is 16.6. The van der Waals surface area contributed by atoms with E-state index in [2.05, 4.69) is 27.4 Å².